The van der Waals surface area contributed by atoms with Crippen LogP contribution >= 0.6 is 0 Å². The van der Waals surface area contributed by atoms with E-state index in [-0.39, 0.29) is 36.6 Å². The molecule has 0 saturated carbocycles. The zero-order chi connectivity index (χ0) is 27.7. The number of hydrogen-bond donors (Lipinski definition) is 1. The van der Waals surface area contributed by atoms with Gasteiger partial charge in [-0.25, -0.2) is 14.8 Å². The number of likely N-dealkylation sites (N-methyl/N-ethyl adjacent to an activating group) is 1. The van der Waals surface area contributed by atoms with Crippen molar-refractivity contribution in [1.82, 2.24) is 24.8 Å². The summed E-state index contributed by atoms with van der Waals surface area (Å²) in [7, 11) is 4.49. The number of aromatic nitrogens is 3. The Morgan fingerprint density at radius 3 is 2.76 bits per heavy atom. The van der Waals surface area contributed by atoms with Gasteiger partial charge in [0.15, 0.2) is 5.78 Å². The van der Waals surface area contributed by atoms with Gasteiger partial charge in [0.2, 0.25) is 5.91 Å². The van der Waals surface area contributed by atoms with Gasteiger partial charge in [-0.05, 0) is 31.4 Å². The number of aryl methyl sites for hydroxylation is 1. The van der Waals surface area contributed by atoms with E-state index in [0.29, 0.717) is 18.4 Å². The van der Waals surface area contributed by atoms with Crippen molar-refractivity contribution in [2.45, 2.75) is 58.0 Å². The van der Waals surface area contributed by atoms with Gasteiger partial charge in [-0.2, -0.15) is 0 Å². The molecule has 11 nitrogen and oxygen atoms in total. The fourth-order valence-electron chi connectivity index (χ4n) is 4.08. The monoisotopic (exact) mass is 522 g/mol. The van der Waals surface area contributed by atoms with Crippen LogP contribution in [0.4, 0.5) is 10.5 Å². The summed E-state index contributed by atoms with van der Waals surface area (Å²) in [6.45, 7) is 2.35. The Kier molecular flexibility index (Phi) is 10.0. The lowest BCUT2D eigenvalue weighted by Gasteiger charge is -2.16. The summed E-state index contributed by atoms with van der Waals surface area (Å²) in [5.74, 6) is -0.509. The standard InChI is InChI=1S/C27H34N6O5/c1-5-9-21-25-22(29-17-28-21)15-19(30-25)16-33-13-8-10-18(26(33)36)14-23(34)20(31-27(37)38-4)11-6-7-12-24(35)32(2)3/h7-8,10,12-13,17,20H,5-6,9,11,14-16H2,1-4H3,(H,31,37)/b12-7+/t20-/m0/s1. The summed E-state index contributed by atoms with van der Waals surface area (Å²) < 4.78 is 6.18. The van der Waals surface area contributed by atoms with Gasteiger partial charge in [0.1, 0.15) is 12.0 Å². The molecule has 11 heteroatoms. The average molecular weight is 523 g/mol. The molecule has 0 spiro atoms. The quantitative estimate of drug-likeness (QED) is 0.422. The number of nitrogens with one attached hydrogen (secondary N) is 1. The van der Waals surface area contributed by atoms with Crippen LogP contribution in [0.2, 0.25) is 0 Å². The Balaban J connectivity index is 1.71. The molecule has 1 aliphatic heterocycles. The van der Waals surface area contributed by atoms with E-state index in [1.807, 2.05) is 0 Å². The number of carbonyl (C=O) groups is 3. The third-order valence-corrected chi connectivity index (χ3v) is 6.11. The van der Waals surface area contributed by atoms with Crippen molar-refractivity contribution >= 4 is 29.2 Å². The molecule has 1 aliphatic rings. The second kappa shape index (κ2) is 13.4. The number of hydrogen-bond acceptors (Lipinski definition) is 8. The number of amides is 2. The molecular weight excluding hydrogens is 488 g/mol. The lowest BCUT2D eigenvalue weighted by molar-refractivity contribution is -0.123. The van der Waals surface area contributed by atoms with Crippen LogP contribution in [-0.2, 0) is 40.1 Å². The molecule has 0 saturated heterocycles. The molecule has 2 aromatic heterocycles. The lowest BCUT2D eigenvalue weighted by Crippen LogP contribution is -2.42. The second-order valence-electron chi connectivity index (χ2n) is 9.23. The van der Waals surface area contributed by atoms with Gasteiger partial charge in [0, 0.05) is 44.4 Å². The highest BCUT2D eigenvalue weighted by atomic mass is 16.5. The zero-order valence-electron chi connectivity index (χ0n) is 22.3. The number of pyridine rings is 1. The molecule has 202 valence electrons. The number of methoxy groups -OCH3 is 1. The molecule has 1 atom stereocenters. The van der Waals surface area contributed by atoms with E-state index in [0.717, 1.165) is 35.6 Å². The van der Waals surface area contributed by atoms with E-state index < -0.39 is 12.1 Å². The lowest BCUT2D eigenvalue weighted by atomic mass is 10.0. The molecule has 0 fully saturated rings. The van der Waals surface area contributed by atoms with Crippen LogP contribution in [0.5, 0.6) is 0 Å². The van der Waals surface area contributed by atoms with Crippen LogP contribution < -0.4 is 10.9 Å². The van der Waals surface area contributed by atoms with Gasteiger partial charge in [0.05, 0.1) is 31.1 Å². The van der Waals surface area contributed by atoms with Gasteiger partial charge >= 0.3 is 6.09 Å². The Morgan fingerprint density at radius 1 is 1.26 bits per heavy atom. The third-order valence-electron chi connectivity index (χ3n) is 6.11. The van der Waals surface area contributed by atoms with E-state index in [4.69, 9.17) is 4.99 Å². The number of nitrogens with zero attached hydrogens (tertiary/aromatic N) is 5. The van der Waals surface area contributed by atoms with Crippen LogP contribution in [-0.4, -0.2) is 70.2 Å². The normalized spacial score (nSPS) is 13.1. The van der Waals surface area contributed by atoms with E-state index in [2.05, 4.69) is 26.9 Å². The first-order chi connectivity index (χ1) is 18.2. The van der Waals surface area contributed by atoms with Gasteiger partial charge in [-0.1, -0.05) is 25.5 Å². The Morgan fingerprint density at radius 2 is 2.05 bits per heavy atom. The van der Waals surface area contributed by atoms with Crippen LogP contribution in [0, 0.1) is 0 Å². The van der Waals surface area contributed by atoms with E-state index in [1.54, 1.807) is 44.8 Å². The summed E-state index contributed by atoms with van der Waals surface area (Å²) in [6, 6.07) is 2.45. The van der Waals surface area contributed by atoms with Crippen molar-refractivity contribution in [2.75, 3.05) is 21.2 Å². The minimum Gasteiger partial charge on any atom is -0.453 e. The predicted molar refractivity (Wildman–Crippen MR) is 143 cm³/mol. The van der Waals surface area contributed by atoms with E-state index >= 15 is 0 Å². The summed E-state index contributed by atoms with van der Waals surface area (Å²) in [5.41, 5.74) is 3.37. The summed E-state index contributed by atoms with van der Waals surface area (Å²) >= 11 is 0. The predicted octanol–water partition coefficient (Wildman–Crippen LogP) is 2.18. The van der Waals surface area contributed by atoms with Crippen LogP contribution in [0.1, 0.15) is 43.1 Å². The smallest absolute Gasteiger partial charge is 0.407 e. The molecule has 2 aromatic rings. The highest BCUT2D eigenvalue weighted by molar-refractivity contribution is 5.93. The summed E-state index contributed by atoms with van der Waals surface area (Å²) in [6.07, 6.45) is 8.29. The average Bonchev–Trinajstić information content (AvgIpc) is 3.31. The maximum atomic E-state index is 13.2. The van der Waals surface area contributed by atoms with Crippen LogP contribution in [0.15, 0.2) is 46.6 Å². The molecule has 3 heterocycles. The number of rotatable bonds is 12. The fraction of sp³-hybridized carbons (Fsp3) is 0.444. The maximum absolute atomic E-state index is 13.2. The molecule has 2 amide bonds. The number of alkyl carbamates (subject to hydrolysis) is 1. The molecule has 38 heavy (non-hydrogen) atoms. The molecule has 0 aromatic carbocycles. The number of ketones is 1. The van der Waals surface area contributed by atoms with Gasteiger partial charge in [0.25, 0.3) is 5.56 Å². The maximum Gasteiger partial charge on any atom is 0.407 e. The number of fused-ring (bicyclic) bond motifs is 1. The largest absolute Gasteiger partial charge is 0.453 e. The second-order valence-corrected chi connectivity index (χ2v) is 9.23. The first kappa shape index (κ1) is 28.4. The number of ether oxygens (including phenoxy) is 1. The van der Waals surface area contributed by atoms with Crippen molar-refractivity contribution < 1.29 is 19.1 Å². The van der Waals surface area contributed by atoms with Crippen molar-refractivity contribution in [1.29, 1.82) is 0 Å². The highest BCUT2D eigenvalue weighted by Crippen LogP contribution is 2.28. The molecule has 3 rings (SSSR count). The van der Waals surface area contributed by atoms with E-state index in [1.165, 1.54) is 22.7 Å². The minimum absolute atomic E-state index is 0.159. The molecule has 0 aliphatic carbocycles. The Hall–Kier alpha value is -4.15. The SMILES string of the molecule is CCCc1ncnc2c1N=C(Cn1cccc(CC(=O)[C@H](CC/C=C/C(=O)N(C)C)NC(=O)OC)c1=O)C2. The highest BCUT2D eigenvalue weighted by Gasteiger charge is 2.23. The van der Waals surface area contributed by atoms with Crippen molar-refractivity contribution in [3.63, 3.8) is 0 Å². The van der Waals surface area contributed by atoms with Crippen molar-refractivity contribution in [3.05, 3.63) is 64.1 Å². The van der Waals surface area contributed by atoms with Crippen LogP contribution in [0.3, 0.4) is 0 Å². The van der Waals surface area contributed by atoms with Crippen molar-refractivity contribution in [2.24, 2.45) is 4.99 Å². The number of aliphatic imine (C=N–C) groups is 1. The number of allylic oxidation sites excluding steroid dienone is 1. The van der Waals surface area contributed by atoms with E-state index in [9.17, 15) is 19.2 Å². The molecule has 0 unspecified atom stereocenters. The van der Waals surface area contributed by atoms with Gasteiger partial charge in [-0.15, -0.1) is 0 Å². The zero-order valence-corrected chi connectivity index (χ0v) is 22.3. The summed E-state index contributed by atoms with van der Waals surface area (Å²) in [5, 5.41) is 2.54. The van der Waals surface area contributed by atoms with Crippen LogP contribution in [0.25, 0.3) is 0 Å². The number of Topliss-reactive ketones (excluding diaryl/α,β-unsaturated/α-hetero) is 1. The topological polar surface area (TPSA) is 136 Å². The van der Waals surface area contributed by atoms with Crippen molar-refractivity contribution in [3.8, 4) is 0 Å². The Labute approximate surface area is 221 Å². The van der Waals surface area contributed by atoms with Gasteiger partial charge < -0.3 is 19.5 Å². The minimum atomic E-state index is -0.876. The molecule has 1 N–H and O–H groups in total. The fourth-order valence-corrected chi connectivity index (χ4v) is 4.08. The molecule has 0 bridgehead atoms. The first-order valence-electron chi connectivity index (χ1n) is 12.6. The third kappa shape index (κ3) is 7.44. The summed E-state index contributed by atoms with van der Waals surface area (Å²) in [4.78, 5) is 64.7. The number of carbonyl (C=O) groups excluding carboxylic acids is 3. The van der Waals surface area contributed by atoms with Gasteiger partial charge in [-0.3, -0.25) is 19.4 Å². The Bertz CT molecular complexity index is 1300. The molecular formula is C27H34N6O5. The first-order valence-corrected chi connectivity index (χ1v) is 12.6. The molecule has 0 radical (unpaired) electrons.